The van der Waals surface area contributed by atoms with Crippen LogP contribution in [-0.2, 0) is 11.3 Å². The molecule has 2 heterocycles. The molecule has 1 amide bonds. The van der Waals surface area contributed by atoms with E-state index in [9.17, 15) is 4.79 Å². The van der Waals surface area contributed by atoms with Crippen molar-refractivity contribution in [2.24, 2.45) is 0 Å². The van der Waals surface area contributed by atoms with Gasteiger partial charge in [-0.15, -0.1) is 0 Å². The van der Waals surface area contributed by atoms with Gasteiger partial charge in [0.25, 0.3) is 0 Å². The van der Waals surface area contributed by atoms with Crippen molar-refractivity contribution in [2.75, 3.05) is 32.7 Å². The highest BCUT2D eigenvalue weighted by Gasteiger charge is 2.13. The van der Waals surface area contributed by atoms with E-state index in [0.29, 0.717) is 13.1 Å². The molecule has 1 aromatic heterocycles. The number of nitrogens with zero attached hydrogens (tertiary/aromatic N) is 2. The molecule has 17 heavy (non-hydrogen) atoms. The smallest absolute Gasteiger partial charge is 0.234 e. The molecule has 3 N–H and O–H groups in total. The Morgan fingerprint density at radius 1 is 1.53 bits per heavy atom. The first kappa shape index (κ1) is 12.1. The van der Waals surface area contributed by atoms with Gasteiger partial charge in [-0.2, -0.15) is 5.10 Å². The zero-order chi connectivity index (χ0) is 12.1. The predicted octanol–water partition coefficient (Wildman–Crippen LogP) is -0.760. The van der Waals surface area contributed by atoms with Gasteiger partial charge in [-0.05, 0) is 6.92 Å². The van der Waals surface area contributed by atoms with Gasteiger partial charge in [0, 0.05) is 44.0 Å². The normalized spacial score (nSPS) is 17.0. The maximum absolute atomic E-state index is 11.7. The number of hydrogen-bond donors (Lipinski definition) is 3. The monoisotopic (exact) mass is 237 g/mol. The molecule has 0 radical (unpaired) electrons. The second kappa shape index (κ2) is 5.79. The Balaban J connectivity index is 1.72. The summed E-state index contributed by atoms with van der Waals surface area (Å²) in [6.07, 6.45) is 1.75. The van der Waals surface area contributed by atoms with Crippen molar-refractivity contribution in [1.29, 1.82) is 0 Å². The van der Waals surface area contributed by atoms with Crippen LogP contribution in [0.5, 0.6) is 0 Å². The summed E-state index contributed by atoms with van der Waals surface area (Å²) in [5.41, 5.74) is 2.05. The van der Waals surface area contributed by atoms with Gasteiger partial charge in [0.1, 0.15) is 0 Å². The van der Waals surface area contributed by atoms with E-state index < -0.39 is 0 Å². The standard InChI is InChI=1S/C11H19N5O/c1-9-10(7-14-15-9)6-13-11(17)8-16-4-2-12-3-5-16/h7,12H,2-6,8H2,1H3,(H,13,17)(H,14,15). The van der Waals surface area contributed by atoms with E-state index in [1.165, 1.54) is 0 Å². The molecule has 0 bridgehead atoms. The number of aromatic nitrogens is 2. The third-order valence-electron chi connectivity index (χ3n) is 2.99. The topological polar surface area (TPSA) is 73.0 Å². The number of aromatic amines is 1. The van der Waals surface area contributed by atoms with Gasteiger partial charge in [0.05, 0.1) is 12.7 Å². The van der Waals surface area contributed by atoms with Crippen molar-refractivity contribution in [3.63, 3.8) is 0 Å². The van der Waals surface area contributed by atoms with Crippen LogP contribution in [0.4, 0.5) is 0 Å². The zero-order valence-electron chi connectivity index (χ0n) is 10.1. The number of carbonyl (C=O) groups is 1. The lowest BCUT2D eigenvalue weighted by Gasteiger charge is -2.26. The number of aryl methyl sites for hydroxylation is 1. The fraction of sp³-hybridized carbons (Fsp3) is 0.636. The maximum Gasteiger partial charge on any atom is 0.234 e. The summed E-state index contributed by atoms with van der Waals surface area (Å²) in [6, 6.07) is 0. The molecule has 0 unspecified atom stereocenters. The first-order valence-electron chi connectivity index (χ1n) is 5.94. The summed E-state index contributed by atoms with van der Waals surface area (Å²) >= 11 is 0. The van der Waals surface area contributed by atoms with Crippen molar-refractivity contribution in [1.82, 2.24) is 25.7 Å². The van der Waals surface area contributed by atoms with E-state index >= 15 is 0 Å². The minimum absolute atomic E-state index is 0.0764. The number of carbonyl (C=O) groups excluding carboxylic acids is 1. The van der Waals surface area contributed by atoms with Gasteiger partial charge in [0.2, 0.25) is 5.91 Å². The Kier molecular flexibility index (Phi) is 4.11. The average Bonchev–Trinajstić information content (AvgIpc) is 2.74. The molecule has 0 atom stereocenters. The first-order chi connectivity index (χ1) is 8.25. The molecule has 2 rings (SSSR count). The van der Waals surface area contributed by atoms with Crippen molar-refractivity contribution >= 4 is 5.91 Å². The molecule has 0 aliphatic carbocycles. The van der Waals surface area contributed by atoms with E-state index in [1.807, 2.05) is 6.92 Å². The summed E-state index contributed by atoms with van der Waals surface area (Å²) in [7, 11) is 0. The molecule has 0 aromatic carbocycles. The van der Waals surface area contributed by atoms with E-state index in [2.05, 4.69) is 25.7 Å². The molecule has 0 spiro atoms. The van der Waals surface area contributed by atoms with Crippen molar-refractivity contribution in [2.45, 2.75) is 13.5 Å². The number of H-pyrrole nitrogens is 1. The van der Waals surface area contributed by atoms with E-state index in [1.54, 1.807) is 6.20 Å². The number of piperazine rings is 1. The summed E-state index contributed by atoms with van der Waals surface area (Å²) in [4.78, 5) is 13.9. The van der Waals surface area contributed by atoms with Crippen LogP contribution < -0.4 is 10.6 Å². The van der Waals surface area contributed by atoms with Gasteiger partial charge in [0.15, 0.2) is 0 Å². The van der Waals surface area contributed by atoms with Crippen LogP contribution in [0.3, 0.4) is 0 Å². The largest absolute Gasteiger partial charge is 0.351 e. The predicted molar refractivity (Wildman–Crippen MR) is 64.5 cm³/mol. The lowest BCUT2D eigenvalue weighted by Crippen LogP contribution is -2.47. The Labute approximate surface area is 101 Å². The van der Waals surface area contributed by atoms with Crippen LogP contribution in [-0.4, -0.2) is 53.7 Å². The minimum Gasteiger partial charge on any atom is -0.351 e. The SMILES string of the molecule is Cc1[nH]ncc1CNC(=O)CN1CCNCC1. The third kappa shape index (κ3) is 3.54. The quantitative estimate of drug-likeness (QED) is 0.643. The molecule has 94 valence electrons. The minimum atomic E-state index is 0.0764. The molecule has 1 aromatic rings. The molecular formula is C11H19N5O. The van der Waals surface area contributed by atoms with Crippen LogP contribution in [0, 0.1) is 6.92 Å². The maximum atomic E-state index is 11.7. The van der Waals surface area contributed by atoms with Crippen LogP contribution in [0.25, 0.3) is 0 Å². The van der Waals surface area contributed by atoms with Crippen LogP contribution in [0.1, 0.15) is 11.3 Å². The van der Waals surface area contributed by atoms with Crippen LogP contribution in [0.2, 0.25) is 0 Å². The average molecular weight is 237 g/mol. The van der Waals surface area contributed by atoms with Gasteiger partial charge in [-0.25, -0.2) is 0 Å². The molecule has 1 aliphatic heterocycles. The van der Waals surface area contributed by atoms with Crippen LogP contribution in [0.15, 0.2) is 6.20 Å². The summed E-state index contributed by atoms with van der Waals surface area (Å²) in [5, 5.41) is 13.0. The van der Waals surface area contributed by atoms with E-state index in [0.717, 1.165) is 37.4 Å². The Morgan fingerprint density at radius 3 is 2.94 bits per heavy atom. The molecular weight excluding hydrogens is 218 g/mol. The highest BCUT2D eigenvalue weighted by Crippen LogP contribution is 2.01. The summed E-state index contributed by atoms with van der Waals surface area (Å²) in [6.45, 7) is 6.80. The fourth-order valence-electron chi connectivity index (χ4n) is 1.88. The summed E-state index contributed by atoms with van der Waals surface area (Å²) < 4.78 is 0. The van der Waals surface area contributed by atoms with Crippen LogP contribution >= 0.6 is 0 Å². The number of amides is 1. The lowest BCUT2D eigenvalue weighted by atomic mass is 10.2. The van der Waals surface area contributed by atoms with Crippen molar-refractivity contribution in [3.05, 3.63) is 17.5 Å². The Morgan fingerprint density at radius 2 is 2.29 bits per heavy atom. The van der Waals surface area contributed by atoms with Gasteiger partial charge < -0.3 is 10.6 Å². The van der Waals surface area contributed by atoms with E-state index in [4.69, 9.17) is 0 Å². The van der Waals surface area contributed by atoms with Gasteiger partial charge in [-0.1, -0.05) is 0 Å². The third-order valence-corrected chi connectivity index (χ3v) is 2.99. The van der Waals surface area contributed by atoms with Crippen molar-refractivity contribution in [3.8, 4) is 0 Å². The second-order valence-electron chi connectivity index (χ2n) is 4.32. The fourth-order valence-corrected chi connectivity index (χ4v) is 1.88. The molecule has 1 saturated heterocycles. The molecule has 6 nitrogen and oxygen atoms in total. The van der Waals surface area contributed by atoms with Gasteiger partial charge >= 0.3 is 0 Å². The Bertz CT molecular complexity index is 370. The van der Waals surface area contributed by atoms with Crippen molar-refractivity contribution < 1.29 is 4.79 Å². The zero-order valence-corrected chi connectivity index (χ0v) is 10.1. The lowest BCUT2D eigenvalue weighted by molar-refractivity contribution is -0.122. The molecule has 1 aliphatic rings. The number of rotatable bonds is 4. The molecule has 0 saturated carbocycles. The summed E-state index contributed by atoms with van der Waals surface area (Å²) in [5.74, 6) is 0.0764. The Hall–Kier alpha value is -1.40. The number of hydrogen-bond acceptors (Lipinski definition) is 4. The first-order valence-corrected chi connectivity index (χ1v) is 5.94. The highest BCUT2D eigenvalue weighted by molar-refractivity contribution is 5.78. The highest BCUT2D eigenvalue weighted by atomic mass is 16.2. The van der Waals surface area contributed by atoms with E-state index in [-0.39, 0.29) is 5.91 Å². The molecule has 6 heteroatoms. The molecule has 1 fully saturated rings. The second-order valence-corrected chi connectivity index (χ2v) is 4.32. The number of nitrogens with one attached hydrogen (secondary N) is 3. The van der Waals surface area contributed by atoms with Gasteiger partial charge in [-0.3, -0.25) is 14.8 Å².